The lowest BCUT2D eigenvalue weighted by atomic mass is 9.71. The van der Waals surface area contributed by atoms with E-state index < -0.39 is 89.4 Å². The molecular formula is C40H55N3O11. The minimum Gasteiger partial charge on any atom is -0.507 e. The highest BCUT2D eigenvalue weighted by Crippen LogP contribution is 2.52. The number of carbonyl (C=O) groups excluding carboxylic acids is 3. The number of rotatable bonds is 17. The lowest BCUT2D eigenvalue weighted by molar-refractivity contribution is -0.245. The highest BCUT2D eigenvalue weighted by Gasteiger charge is 2.49. The van der Waals surface area contributed by atoms with Gasteiger partial charge in [-0.15, -0.1) is 0 Å². The molecule has 0 bridgehead atoms. The second-order valence-electron chi connectivity index (χ2n) is 14.8. The van der Waals surface area contributed by atoms with Crippen LogP contribution in [-0.4, -0.2) is 92.6 Å². The number of phenolic OH excluding ortho intramolecular Hbond substituents is 2. The first-order valence-corrected chi connectivity index (χ1v) is 19.2. The molecule has 3 aliphatic rings. The van der Waals surface area contributed by atoms with Gasteiger partial charge in [0, 0.05) is 48.4 Å². The fraction of sp³-hybridized carbons (Fsp3) is 0.600. The van der Waals surface area contributed by atoms with Crippen molar-refractivity contribution in [2.24, 2.45) is 10.8 Å². The summed E-state index contributed by atoms with van der Waals surface area (Å²) in [5, 5.41) is 60.7. The van der Waals surface area contributed by atoms with Crippen LogP contribution < -0.4 is 15.9 Å². The van der Waals surface area contributed by atoms with E-state index in [0.717, 1.165) is 19.3 Å². The van der Waals surface area contributed by atoms with Crippen molar-refractivity contribution in [2.45, 2.75) is 140 Å². The predicted molar refractivity (Wildman–Crippen MR) is 199 cm³/mol. The molecular weight excluding hydrogens is 698 g/mol. The Kier molecular flexibility index (Phi) is 13.9. The molecule has 1 heterocycles. The Morgan fingerprint density at radius 2 is 1.65 bits per heavy atom. The molecule has 6 atom stereocenters. The molecule has 54 heavy (non-hydrogen) atoms. The van der Waals surface area contributed by atoms with Crippen LogP contribution in [0.5, 0.6) is 17.2 Å². The molecule has 2 aromatic rings. The normalized spacial score (nSPS) is 25.2. The smallest absolute Gasteiger partial charge is 0.240 e. The van der Waals surface area contributed by atoms with Crippen LogP contribution in [0, 0.1) is 0 Å². The first kappa shape index (κ1) is 41.2. The Balaban J connectivity index is 1.41. The van der Waals surface area contributed by atoms with Crippen LogP contribution in [0.1, 0.15) is 146 Å². The standard InChI is InChI=1S/C40H55N3O11/c1-4-5-6-7-8-9-10-11-12-13-17-29(45)43-42-28(21-44)40(51)19-24-32(27(20-40)54-30-18-25(41)35(46)22(2)53-30)39(50)34-33(37(24)48)36(47)23-15-14-16-26(52-3)31(23)38(34)49/h14-16,22,25,27,30,35,44,46,48,50-51H,4-13,17-21,41H2,1-3H3,(H,43,45)/b42-28-. The van der Waals surface area contributed by atoms with E-state index in [2.05, 4.69) is 17.5 Å². The molecule has 1 fully saturated rings. The molecule has 1 aliphatic heterocycles. The molecule has 1 saturated heterocycles. The van der Waals surface area contributed by atoms with Crippen molar-refractivity contribution < 1.29 is 54.1 Å². The third-order valence-electron chi connectivity index (χ3n) is 10.9. The van der Waals surface area contributed by atoms with E-state index in [9.17, 15) is 39.9 Å². The zero-order valence-corrected chi connectivity index (χ0v) is 31.4. The molecule has 0 radical (unpaired) electrons. The molecule has 0 aromatic heterocycles. The number of ether oxygens (including phenoxy) is 3. The van der Waals surface area contributed by atoms with Gasteiger partial charge in [0.05, 0.1) is 54.4 Å². The average Bonchev–Trinajstić information content (AvgIpc) is 3.14. The van der Waals surface area contributed by atoms with Crippen molar-refractivity contribution in [3.63, 3.8) is 0 Å². The number of nitrogens with one attached hydrogen (secondary N) is 1. The number of ketones is 2. The molecule has 14 heteroatoms. The number of methoxy groups -OCH3 is 1. The van der Waals surface area contributed by atoms with Crippen molar-refractivity contribution in [1.29, 1.82) is 0 Å². The second-order valence-corrected chi connectivity index (χ2v) is 14.8. The zero-order chi connectivity index (χ0) is 39.2. The van der Waals surface area contributed by atoms with Crippen molar-refractivity contribution in [2.75, 3.05) is 13.7 Å². The Hall–Kier alpha value is -3.92. The van der Waals surface area contributed by atoms with E-state index in [1.807, 2.05) is 0 Å². The third-order valence-corrected chi connectivity index (χ3v) is 10.9. The summed E-state index contributed by atoms with van der Waals surface area (Å²) in [4.78, 5) is 40.6. The lowest BCUT2D eigenvalue weighted by Crippen LogP contribution is -2.53. The van der Waals surface area contributed by atoms with Gasteiger partial charge in [-0.25, -0.2) is 5.43 Å². The number of fused-ring (bicyclic) bond motifs is 3. The summed E-state index contributed by atoms with van der Waals surface area (Å²) in [6.45, 7) is 3.01. The SMILES string of the molecule is CCCCCCCCCCCCC(=O)N/N=C(/CO)C1(O)Cc2c(O)c3c(c(O)c2C(OC2CC(N)C(O)C(C)O2)C1)C(=O)c1c(OC)cccc1C3=O. The van der Waals surface area contributed by atoms with Gasteiger partial charge in [0.25, 0.3) is 0 Å². The first-order chi connectivity index (χ1) is 25.9. The monoisotopic (exact) mass is 753 g/mol. The number of benzene rings is 2. The van der Waals surface area contributed by atoms with Crippen molar-refractivity contribution in [1.82, 2.24) is 5.43 Å². The number of hydrogen-bond donors (Lipinski definition) is 7. The van der Waals surface area contributed by atoms with Crippen LogP contribution in [-0.2, 0) is 20.7 Å². The average molecular weight is 754 g/mol. The highest BCUT2D eigenvalue weighted by atomic mass is 16.7. The highest BCUT2D eigenvalue weighted by molar-refractivity contribution is 6.31. The first-order valence-electron chi connectivity index (χ1n) is 19.2. The molecule has 6 unspecified atom stereocenters. The maximum Gasteiger partial charge on any atom is 0.240 e. The number of nitrogens with zero attached hydrogens (tertiary/aromatic N) is 1. The van der Waals surface area contributed by atoms with Crippen LogP contribution in [0.4, 0.5) is 0 Å². The van der Waals surface area contributed by atoms with Gasteiger partial charge in [-0.05, 0) is 19.4 Å². The predicted octanol–water partition coefficient (Wildman–Crippen LogP) is 4.22. The fourth-order valence-corrected chi connectivity index (χ4v) is 7.86. The molecule has 0 spiro atoms. The van der Waals surface area contributed by atoms with E-state index in [0.29, 0.717) is 6.42 Å². The number of hydrazone groups is 1. The Labute approximate surface area is 315 Å². The van der Waals surface area contributed by atoms with Crippen LogP contribution in [0.15, 0.2) is 23.3 Å². The molecule has 8 N–H and O–H groups in total. The number of hydrogen-bond acceptors (Lipinski definition) is 13. The zero-order valence-electron chi connectivity index (χ0n) is 31.4. The maximum absolute atomic E-state index is 14.0. The van der Waals surface area contributed by atoms with E-state index in [-0.39, 0.29) is 53.0 Å². The fourth-order valence-electron chi connectivity index (χ4n) is 7.86. The van der Waals surface area contributed by atoms with Crippen LogP contribution in [0.3, 0.4) is 0 Å². The van der Waals surface area contributed by atoms with Crippen molar-refractivity contribution >= 4 is 23.2 Å². The summed E-state index contributed by atoms with van der Waals surface area (Å²) in [7, 11) is 1.34. The Morgan fingerprint density at radius 3 is 2.28 bits per heavy atom. The van der Waals surface area contributed by atoms with Gasteiger partial charge < -0.3 is 45.5 Å². The van der Waals surface area contributed by atoms with Gasteiger partial charge in [-0.2, -0.15) is 5.10 Å². The number of aliphatic hydroxyl groups is 3. The van der Waals surface area contributed by atoms with E-state index in [1.54, 1.807) is 6.92 Å². The number of carbonyl (C=O) groups is 3. The second kappa shape index (κ2) is 18.1. The number of nitrogens with two attached hydrogens (primary N) is 1. The van der Waals surface area contributed by atoms with Crippen LogP contribution in [0.2, 0.25) is 0 Å². The number of aliphatic hydroxyl groups excluding tert-OH is 2. The Morgan fingerprint density at radius 1 is 1.00 bits per heavy atom. The maximum atomic E-state index is 14.0. The Bertz CT molecular complexity index is 1720. The molecule has 2 aromatic carbocycles. The lowest BCUT2D eigenvalue weighted by Gasteiger charge is -2.43. The summed E-state index contributed by atoms with van der Waals surface area (Å²) in [5.74, 6) is -3.11. The van der Waals surface area contributed by atoms with Crippen LogP contribution in [0.25, 0.3) is 0 Å². The quantitative estimate of drug-likeness (QED) is 0.0445. The number of phenols is 2. The van der Waals surface area contributed by atoms with Crippen molar-refractivity contribution in [3.05, 3.63) is 51.6 Å². The topological polar surface area (TPSA) is 230 Å². The number of amides is 1. The summed E-state index contributed by atoms with van der Waals surface area (Å²) in [6, 6.07) is 3.69. The molecule has 5 rings (SSSR count). The van der Waals surface area contributed by atoms with Crippen molar-refractivity contribution in [3.8, 4) is 17.2 Å². The minimum atomic E-state index is -2.08. The van der Waals surface area contributed by atoms with Crippen LogP contribution >= 0.6 is 0 Å². The summed E-state index contributed by atoms with van der Waals surface area (Å²) in [6.07, 6.45) is 6.32. The number of unbranched alkanes of at least 4 members (excludes halogenated alkanes) is 9. The van der Waals surface area contributed by atoms with E-state index >= 15 is 0 Å². The molecule has 1 amide bonds. The third kappa shape index (κ3) is 8.64. The van der Waals surface area contributed by atoms with Gasteiger partial charge >= 0.3 is 0 Å². The molecule has 0 saturated carbocycles. The van der Waals surface area contributed by atoms with E-state index in [4.69, 9.17) is 19.9 Å². The molecule has 2 aliphatic carbocycles. The number of aromatic hydroxyl groups is 2. The van der Waals surface area contributed by atoms with Gasteiger partial charge in [0.15, 0.2) is 12.1 Å². The van der Waals surface area contributed by atoms with Gasteiger partial charge in [0.2, 0.25) is 11.7 Å². The molecule has 296 valence electrons. The minimum absolute atomic E-state index is 0.0193. The van der Waals surface area contributed by atoms with Gasteiger partial charge in [-0.1, -0.05) is 76.8 Å². The summed E-state index contributed by atoms with van der Waals surface area (Å²) < 4.78 is 17.5. The van der Waals surface area contributed by atoms with Gasteiger partial charge in [-0.3, -0.25) is 14.4 Å². The summed E-state index contributed by atoms with van der Waals surface area (Å²) in [5.41, 5.74) is 5.02. The van der Waals surface area contributed by atoms with Gasteiger partial charge in [0.1, 0.15) is 22.8 Å². The van der Waals surface area contributed by atoms with E-state index in [1.165, 1.54) is 63.8 Å². The molecule has 14 nitrogen and oxygen atoms in total. The summed E-state index contributed by atoms with van der Waals surface area (Å²) >= 11 is 0. The largest absolute Gasteiger partial charge is 0.507 e.